The van der Waals surface area contributed by atoms with Crippen molar-refractivity contribution in [2.24, 2.45) is 0 Å². The molecular weight excluding hydrogens is 218 g/mol. The smallest absolute Gasteiger partial charge is 0.0406 e. The summed E-state index contributed by atoms with van der Waals surface area (Å²) in [6.45, 7) is 1.18. The van der Waals surface area contributed by atoms with Gasteiger partial charge in [-0.1, -0.05) is 30.2 Å². The van der Waals surface area contributed by atoms with Gasteiger partial charge in [-0.15, -0.1) is 0 Å². The number of allylic oxidation sites excluding steroid dienone is 1. The second-order valence-electron chi connectivity index (χ2n) is 4.42. The maximum Gasteiger partial charge on any atom is 0.0406 e. The number of likely N-dealkylation sites (tertiary alicyclic amines) is 1. The fourth-order valence-electron chi connectivity index (χ4n) is 2.10. The molecule has 0 spiro atoms. The highest BCUT2D eigenvalue weighted by Crippen LogP contribution is 2.21. The van der Waals surface area contributed by atoms with Gasteiger partial charge >= 0.3 is 0 Å². The Balaban J connectivity index is 2.17. The van der Waals surface area contributed by atoms with Crippen molar-refractivity contribution in [2.75, 3.05) is 13.6 Å². The average Bonchev–Trinajstić information content (AvgIpc) is 2.48. The highest BCUT2D eigenvalue weighted by Gasteiger charge is 2.08. The first-order chi connectivity index (χ1) is 7.75. The van der Waals surface area contributed by atoms with E-state index in [2.05, 4.69) is 30.2 Å². The summed E-state index contributed by atoms with van der Waals surface area (Å²) in [7, 11) is 2.19. The largest absolute Gasteiger partial charge is 0.378 e. The van der Waals surface area contributed by atoms with Crippen molar-refractivity contribution in [1.29, 1.82) is 0 Å². The van der Waals surface area contributed by atoms with Gasteiger partial charge in [-0.05, 0) is 43.0 Å². The van der Waals surface area contributed by atoms with Gasteiger partial charge in [0.2, 0.25) is 0 Å². The Morgan fingerprint density at radius 3 is 2.62 bits per heavy atom. The van der Waals surface area contributed by atoms with Crippen molar-refractivity contribution >= 4 is 17.7 Å². The lowest BCUT2D eigenvalue weighted by Crippen LogP contribution is -2.16. The molecule has 1 nitrogen and oxygen atoms in total. The molecule has 16 heavy (non-hydrogen) atoms. The highest BCUT2D eigenvalue weighted by atomic mass is 35.5. The summed E-state index contributed by atoms with van der Waals surface area (Å²) in [5.41, 5.74) is 2.69. The van der Waals surface area contributed by atoms with E-state index in [0.717, 1.165) is 5.02 Å². The lowest BCUT2D eigenvalue weighted by molar-refractivity contribution is 0.421. The van der Waals surface area contributed by atoms with Gasteiger partial charge in [-0.3, -0.25) is 0 Å². The fraction of sp³-hybridized carbons (Fsp3) is 0.429. The average molecular weight is 236 g/mol. The molecule has 1 saturated heterocycles. The third kappa shape index (κ3) is 3.02. The van der Waals surface area contributed by atoms with E-state index in [9.17, 15) is 0 Å². The van der Waals surface area contributed by atoms with Crippen molar-refractivity contribution in [1.82, 2.24) is 4.90 Å². The zero-order chi connectivity index (χ0) is 11.4. The van der Waals surface area contributed by atoms with Crippen molar-refractivity contribution in [2.45, 2.75) is 25.7 Å². The molecular formula is C14H18ClN. The lowest BCUT2D eigenvalue weighted by atomic mass is 10.1. The molecule has 1 aromatic carbocycles. The first-order valence-corrected chi connectivity index (χ1v) is 6.31. The minimum absolute atomic E-state index is 0.802. The molecule has 0 aromatic heterocycles. The number of hydrogen-bond donors (Lipinski definition) is 0. The van der Waals surface area contributed by atoms with Crippen LogP contribution in [-0.4, -0.2) is 18.5 Å². The Hall–Kier alpha value is -0.950. The first-order valence-electron chi connectivity index (χ1n) is 5.93. The van der Waals surface area contributed by atoms with Crippen LogP contribution in [0, 0.1) is 0 Å². The molecule has 1 fully saturated rings. The summed E-state index contributed by atoms with van der Waals surface area (Å²) < 4.78 is 0. The Kier molecular flexibility index (Phi) is 3.89. The standard InChI is InChI=1S/C14H18ClN/c1-16-10-4-2-3-5-14(16)11-12-6-8-13(15)9-7-12/h6-9,11H,2-5,10H2,1H3/b14-11-. The number of hydrogen-bond acceptors (Lipinski definition) is 1. The molecule has 86 valence electrons. The Morgan fingerprint density at radius 2 is 1.88 bits per heavy atom. The van der Waals surface area contributed by atoms with E-state index < -0.39 is 0 Å². The minimum atomic E-state index is 0.802. The fourth-order valence-corrected chi connectivity index (χ4v) is 2.23. The minimum Gasteiger partial charge on any atom is -0.378 e. The number of halogens is 1. The quantitative estimate of drug-likeness (QED) is 0.706. The van der Waals surface area contributed by atoms with Crippen LogP contribution in [0.15, 0.2) is 30.0 Å². The maximum atomic E-state index is 5.88. The molecule has 1 aliphatic rings. The SMILES string of the molecule is CN1CCCCC/C1=C/c1ccc(Cl)cc1. The van der Waals surface area contributed by atoms with E-state index >= 15 is 0 Å². The van der Waals surface area contributed by atoms with E-state index in [1.807, 2.05) is 12.1 Å². The predicted molar refractivity (Wildman–Crippen MR) is 70.5 cm³/mol. The molecule has 0 atom stereocenters. The zero-order valence-corrected chi connectivity index (χ0v) is 10.5. The summed E-state index contributed by atoms with van der Waals surface area (Å²) in [6.07, 6.45) is 7.45. The summed E-state index contributed by atoms with van der Waals surface area (Å²) >= 11 is 5.88. The molecule has 0 bridgehead atoms. The summed E-state index contributed by atoms with van der Waals surface area (Å²) in [4.78, 5) is 2.38. The number of benzene rings is 1. The summed E-state index contributed by atoms with van der Waals surface area (Å²) in [5, 5.41) is 0.802. The van der Waals surface area contributed by atoms with E-state index in [1.165, 1.54) is 43.5 Å². The van der Waals surface area contributed by atoms with Crippen LogP contribution in [0.4, 0.5) is 0 Å². The Morgan fingerprint density at radius 1 is 1.12 bits per heavy atom. The van der Waals surface area contributed by atoms with Gasteiger partial charge in [0, 0.05) is 24.3 Å². The molecule has 2 rings (SSSR count). The van der Waals surface area contributed by atoms with Crippen LogP contribution in [0.25, 0.3) is 6.08 Å². The first kappa shape index (κ1) is 11.5. The molecule has 0 saturated carbocycles. The maximum absolute atomic E-state index is 5.88. The monoisotopic (exact) mass is 235 g/mol. The summed E-state index contributed by atoms with van der Waals surface area (Å²) in [5.74, 6) is 0. The van der Waals surface area contributed by atoms with E-state index in [-0.39, 0.29) is 0 Å². The molecule has 0 radical (unpaired) electrons. The second kappa shape index (κ2) is 5.40. The van der Waals surface area contributed by atoms with E-state index in [1.54, 1.807) is 0 Å². The van der Waals surface area contributed by atoms with Gasteiger partial charge < -0.3 is 4.90 Å². The van der Waals surface area contributed by atoms with Crippen molar-refractivity contribution < 1.29 is 0 Å². The predicted octanol–water partition coefficient (Wildman–Crippen LogP) is 4.19. The molecule has 0 unspecified atom stereocenters. The van der Waals surface area contributed by atoms with Crippen LogP contribution in [0.1, 0.15) is 31.2 Å². The van der Waals surface area contributed by atoms with Crippen LogP contribution >= 0.6 is 11.6 Å². The summed E-state index contributed by atoms with van der Waals surface area (Å²) in [6, 6.07) is 8.05. The zero-order valence-electron chi connectivity index (χ0n) is 9.75. The van der Waals surface area contributed by atoms with Crippen molar-refractivity contribution in [3.05, 3.63) is 40.5 Å². The van der Waals surface area contributed by atoms with Gasteiger partial charge in [0.25, 0.3) is 0 Å². The normalized spacial score (nSPS) is 19.9. The van der Waals surface area contributed by atoms with Crippen LogP contribution in [0.5, 0.6) is 0 Å². The van der Waals surface area contributed by atoms with Gasteiger partial charge in [0.15, 0.2) is 0 Å². The second-order valence-corrected chi connectivity index (χ2v) is 4.86. The lowest BCUT2D eigenvalue weighted by Gasteiger charge is -2.19. The molecule has 0 aliphatic carbocycles. The van der Waals surface area contributed by atoms with Gasteiger partial charge in [-0.2, -0.15) is 0 Å². The molecule has 1 aliphatic heterocycles. The number of nitrogens with zero attached hydrogens (tertiary/aromatic N) is 1. The Bertz CT molecular complexity index is 367. The number of rotatable bonds is 1. The van der Waals surface area contributed by atoms with Crippen LogP contribution in [0.3, 0.4) is 0 Å². The third-order valence-electron chi connectivity index (χ3n) is 3.12. The highest BCUT2D eigenvalue weighted by molar-refractivity contribution is 6.30. The third-order valence-corrected chi connectivity index (χ3v) is 3.37. The van der Waals surface area contributed by atoms with E-state index in [4.69, 9.17) is 11.6 Å². The van der Waals surface area contributed by atoms with Crippen molar-refractivity contribution in [3.8, 4) is 0 Å². The molecule has 0 N–H and O–H groups in total. The molecule has 2 heteroatoms. The van der Waals surface area contributed by atoms with Gasteiger partial charge in [0.1, 0.15) is 0 Å². The Labute approximate surface area is 103 Å². The van der Waals surface area contributed by atoms with Crippen LogP contribution in [0.2, 0.25) is 5.02 Å². The van der Waals surface area contributed by atoms with Gasteiger partial charge in [0.05, 0.1) is 0 Å². The molecule has 1 aromatic rings. The van der Waals surface area contributed by atoms with Crippen LogP contribution < -0.4 is 0 Å². The van der Waals surface area contributed by atoms with E-state index in [0.29, 0.717) is 0 Å². The topological polar surface area (TPSA) is 3.24 Å². The van der Waals surface area contributed by atoms with Crippen LogP contribution in [-0.2, 0) is 0 Å². The molecule has 0 amide bonds. The van der Waals surface area contributed by atoms with Gasteiger partial charge in [-0.25, -0.2) is 0 Å². The molecule has 1 heterocycles. The van der Waals surface area contributed by atoms with Crippen molar-refractivity contribution in [3.63, 3.8) is 0 Å².